The number of rotatable bonds is 8. The van der Waals surface area contributed by atoms with E-state index in [1.165, 1.54) is 5.56 Å². The third-order valence-electron chi connectivity index (χ3n) is 3.53. The summed E-state index contributed by atoms with van der Waals surface area (Å²) in [5.41, 5.74) is 2.17. The highest BCUT2D eigenvalue weighted by molar-refractivity contribution is 5.80. The number of benzene rings is 2. The summed E-state index contributed by atoms with van der Waals surface area (Å²) in [5, 5.41) is 3.14. The maximum atomic E-state index is 11.7. The number of hydrogen-bond donors (Lipinski definition) is 1. The number of amides is 1. The summed E-state index contributed by atoms with van der Waals surface area (Å²) in [5.74, 6) is 0.816. The quantitative estimate of drug-likeness (QED) is 0.761. The molecular formula is C19H24N2O2. The molecule has 4 nitrogen and oxygen atoms in total. The smallest absolute Gasteiger partial charge is 0.241 e. The Morgan fingerprint density at radius 3 is 2.48 bits per heavy atom. The second kappa shape index (κ2) is 8.83. The standard InChI is InChI=1S/C19H24N2O2/c1-21(2)19(22)15-20-17-12-6-7-13-18(17)23-14-8-11-16-9-4-3-5-10-16/h3-7,9-10,12-13,20H,8,11,14-15H2,1-2H3. The maximum absolute atomic E-state index is 11.7. The summed E-state index contributed by atoms with van der Waals surface area (Å²) in [6, 6.07) is 18.1. The van der Waals surface area contributed by atoms with E-state index in [9.17, 15) is 4.79 Å². The second-order valence-electron chi connectivity index (χ2n) is 5.58. The molecule has 0 saturated heterocycles. The van der Waals surface area contributed by atoms with Crippen LogP contribution in [0.25, 0.3) is 0 Å². The molecule has 0 saturated carbocycles. The number of carbonyl (C=O) groups excluding carboxylic acids is 1. The predicted molar refractivity (Wildman–Crippen MR) is 93.9 cm³/mol. The molecule has 0 unspecified atom stereocenters. The Labute approximate surface area is 138 Å². The average molecular weight is 312 g/mol. The Balaban J connectivity index is 1.81. The van der Waals surface area contributed by atoms with Gasteiger partial charge in [0, 0.05) is 14.1 Å². The normalized spacial score (nSPS) is 10.2. The molecule has 1 amide bonds. The number of hydrogen-bond acceptors (Lipinski definition) is 3. The third-order valence-corrected chi connectivity index (χ3v) is 3.53. The molecule has 2 aromatic rings. The zero-order valence-corrected chi connectivity index (χ0v) is 13.8. The number of anilines is 1. The summed E-state index contributed by atoms with van der Waals surface area (Å²) in [6.07, 6.45) is 1.95. The highest BCUT2D eigenvalue weighted by Gasteiger charge is 2.07. The van der Waals surface area contributed by atoms with E-state index in [1.807, 2.05) is 30.3 Å². The van der Waals surface area contributed by atoms with Crippen LogP contribution in [0.1, 0.15) is 12.0 Å². The minimum Gasteiger partial charge on any atom is -0.491 e. The van der Waals surface area contributed by atoms with Crippen LogP contribution in [0.3, 0.4) is 0 Å². The van der Waals surface area contributed by atoms with E-state index in [1.54, 1.807) is 19.0 Å². The topological polar surface area (TPSA) is 41.6 Å². The largest absolute Gasteiger partial charge is 0.491 e. The van der Waals surface area contributed by atoms with Crippen molar-refractivity contribution in [3.05, 3.63) is 60.2 Å². The van der Waals surface area contributed by atoms with E-state index in [4.69, 9.17) is 4.74 Å². The maximum Gasteiger partial charge on any atom is 0.241 e. The molecule has 0 bridgehead atoms. The van der Waals surface area contributed by atoms with Gasteiger partial charge in [-0.25, -0.2) is 0 Å². The summed E-state index contributed by atoms with van der Waals surface area (Å²) in [4.78, 5) is 13.2. The molecule has 0 fully saturated rings. The Morgan fingerprint density at radius 1 is 1.04 bits per heavy atom. The fraction of sp³-hybridized carbons (Fsp3) is 0.316. The van der Waals surface area contributed by atoms with Gasteiger partial charge in [-0.1, -0.05) is 42.5 Å². The number of nitrogens with one attached hydrogen (secondary N) is 1. The highest BCUT2D eigenvalue weighted by Crippen LogP contribution is 2.23. The molecule has 0 spiro atoms. The van der Waals surface area contributed by atoms with Crippen molar-refractivity contribution in [2.75, 3.05) is 32.6 Å². The van der Waals surface area contributed by atoms with Crippen molar-refractivity contribution in [1.29, 1.82) is 0 Å². The first-order chi connectivity index (χ1) is 11.2. The van der Waals surface area contributed by atoms with Gasteiger partial charge >= 0.3 is 0 Å². The number of carbonyl (C=O) groups is 1. The van der Waals surface area contributed by atoms with Gasteiger partial charge in [0.1, 0.15) is 5.75 Å². The van der Waals surface area contributed by atoms with E-state index in [0.29, 0.717) is 6.61 Å². The van der Waals surface area contributed by atoms with Gasteiger partial charge in [-0.3, -0.25) is 4.79 Å². The number of likely N-dealkylation sites (N-methyl/N-ethyl adjacent to an activating group) is 1. The Morgan fingerprint density at radius 2 is 1.74 bits per heavy atom. The van der Waals surface area contributed by atoms with Gasteiger partial charge in [-0.15, -0.1) is 0 Å². The first-order valence-corrected chi connectivity index (χ1v) is 7.86. The van der Waals surface area contributed by atoms with Crippen LogP contribution < -0.4 is 10.1 Å². The van der Waals surface area contributed by atoms with E-state index < -0.39 is 0 Å². The molecule has 122 valence electrons. The van der Waals surface area contributed by atoms with Crippen LogP contribution in [-0.4, -0.2) is 38.1 Å². The Kier molecular flexibility index (Phi) is 6.48. The zero-order valence-electron chi connectivity index (χ0n) is 13.8. The Bertz CT molecular complexity index is 612. The molecule has 23 heavy (non-hydrogen) atoms. The van der Waals surface area contributed by atoms with Gasteiger partial charge in [0.05, 0.1) is 18.8 Å². The minimum absolute atomic E-state index is 0.0314. The summed E-state index contributed by atoms with van der Waals surface area (Å²) >= 11 is 0. The molecule has 0 aliphatic rings. The number of nitrogens with zero attached hydrogens (tertiary/aromatic N) is 1. The van der Waals surface area contributed by atoms with Crippen LogP contribution in [0, 0.1) is 0 Å². The first-order valence-electron chi connectivity index (χ1n) is 7.86. The summed E-state index contributed by atoms with van der Waals surface area (Å²) < 4.78 is 5.86. The fourth-order valence-electron chi connectivity index (χ4n) is 2.17. The van der Waals surface area contributed by atoms with Crippen molar-refractivity contribution < 1.29 is 9.53 Å². The molecule has 0 heterocycles. The molecule has 0 atom stereocenters. The molecule has 2 rings (SSSR count). The van der Waals surface area contributed by atoms with Crippen molar-refractivity contribution in [2.24, 2.45) is 0 Å². The lowest BCUT2D eigenvalue weighted by Crippen LogP contribution is -2.28. The molecule has 0 aliphatic heterocycles. The van der Waals surface area contributed by atoms with Crippen LogP contribution in [0.5, 0.6) is 5.75 Å². The Hall–Kier alpha value is -2.49. The fourth-order valence-corrected chi connectivity index (χ4v) is 2.17. The monoisotopic (exact) mass is 312 g/mol. The summed E-state index contributed by atoms with van der Waals surface area (Å²) in [6.45, 7) is 0.909. The van der Waals surface area contributed by atoms with Crippen LogP contribution in [-0.2, 0) is 11.2 Å². The van der Waals surface area contributed by atoms with Crippen LogP contribution in [0.4, 0.5) is 5.69 Å². The van der Waals surface area contributed by atoms with Gasteiger partial charge in [0.2, 0.25) is 5.91 Å². The predicted octanol–water partition coefficient (Wildman–Crippen LogP) is 3.20. The third kappa shape index (κ3) is 5.66. The van der Waals surface area contributed by atoms with Gasteiger partial charge in [-0.05, 0) is 30.5 Å². The molecule has 2 aromatic carbocycles. The second-order valence-corrected chi connectivity index (χ2v) is 5.58. The van der Waals surface area contributed by atoms with Crippen molar-refractivity contribution in [3.63, 3.8) is 0 Å². The lowest BCUT2D eigenvalue weighted by atomic mass is 10.1. The highest BCUT2D eigenvalue weighted by atomic mass is 16.5. The van der Waals surface area contributed by atoms with Crippen LogP contribution in [0.15, 0.2) is 54.6 Å². The average Bonchev–Trinajstić information content (AvgIpc) is 2.58. The summed E-state index contributed by atoms with van der Waals surface area (Å²) in [7, 11) is 3.49. The van der Waals surface area contributed by atoms with Gasteiger partial charge in [0.15, 0.2) is 0 Å². The van der Waals surface area contributed by atoms with Crippen LogP contribution in [0.2, 0.25) is 0 Å². The lowest BCUT2D eigenvalue weighted by molar-refractivity contribution is -0.126. The van der Waals surface area contributed by atoms with Crippen molar-refractivity contribution in [3.8, 4) is 5.75 Å². The van der Waals surface area contributed by atoms with Gasteiger partial charge in [-0.2, -0.15) is 0 Å². The number of para-hydroxylation sites is 2. The molecular weight excluding hydrogens is 288 g/mol. The minimum atomic E-state index is 0.0314. The zero-order chi connectivity index (χ0) is 16.5. The lowest BCUT2D eigenvalue weighted by Gasteiger charge is -2.15. The van der Waals surface area contributed by atoms with E-state index in [0.717, 1.165) is 24.3 Å². The molecule has 0 radical (unpaired) electrons. The molecule has 0 aromatic heterocycles. The van der Waals surface area contributed by atoms with Crippen molar-refractivity contribution in [1.82, 2.24) is 4.90 Å². The van der Waals surface area contributed by atoms with Crippen molar-refractivity contribution >= 4 is 11.6 Å². The van der Waals surface area contributed by atoms with Gasteiger partial charge in [0.25, 0.3) is 0 Å². The van der Waals surface area contributed by atoms with Crippen molar-refractivity contribution in [2.45, 2.75) is 12.8 Å². The SMILES string of the molecule is CN(C)C(=O)CNc1ccccc1OCCCc1ccccc1. The van der Waals surface area contributed by atoms with Gasteiger partial charge < -0.3 is 15.0 Å². The number of ether oxygens (including phenoxy) is 1. The van der Waals surface area contributed by atoms with E-state index >= 15 is 0 Å². The van der Waals surface area contributed by atoms with E-state index in [-0.39, 0.29) is 12.5 Å². The van der Waals surface area contributed by atoms with Crippen LogP contribution >= 0.6 is 0 Å². The number of aryl methyl sites for hydroxylation is 1. The molecule has 0 aliphatic carbocycles. The first kappa shape index (κ1) is 16.9. The van der Waals surface area contributed by atoms with E-state index in [2.05, 4.69) is 29.6 Å². The molecule has 1 N–H and O–H groups in total. The molecule has 4 heteroatoms.